The third-order valence-corrected chi connectivity index (χ3v) is 3.82. The first-order valence-corrected chi connectivity index (χ1v) is 7.53. The number of aliphatic carboxylic acids is 1. The SMILES string of the molecule is O=C(O)C(Cc1cccc(Cl)c1)Cc1cc(F)cc(Br)c1. The Morgan fingerprint density at radius 1 is 1.19 bits per heavy atom. The van der Waals surface area contributed by atoms with Gasteiger partial charge in [-0.3, -0.25) is 4.79 Å². The van der Waals surface area contributed by atoms with Crippen molar-refractivity contribution in [3.8, 4) is 0 Å². The number of rotatable bonds is 5. The Morgan fingerprint density at radius 2 is 1.90 bits per heavy atom. The summed E-state index contributed by atoms with van der Waals surface area (Å²) in [7, 11) is 0. The summed E-state index contributed by atoms with van der Waals surface area (Å²) in [6.07, 6.45) is 0.613. The molecule has 0 aliphatic rings. The molecule has 0 heterocycles. The number of carbonyl (C=O) groups is 1. The van der Waals surface area contributed by atoms with E-state index in [2.05, 4.69) is 15.9 Å². The van der Waals surface area contributed by atoms with Gasteiger partial charge in [-0.2, -0.15) is 0 Å². The molecular formula is C16H13BrClFO2. The molecule has 0 aromatic heterocycles. The zero-order chi connectivity index (χ0) is 15.4. The molecule has 0 saturated carbocycles. The second kappa shape index (κ2) is 7.05. The number of hydrogen-bond acceptors (Lipinski definition) is 1. The molecular weight excluding hydrogens is 359 g/mol. The van der Waals surface area contributed by atoms with Crippen LogP contribution >= 0.6 is 27.5 Å². The number of carboxylic acids is 1. The summed E-state index contributed by atoms with van der Waals surface area (Å²) in [6, 6.07) is 11.5. The van der Waals surface area contributed by atoms with Crippen LogP contribution in [-0.2, 0) is 17.6 Å². The molecule has 21 heavy (non-hydrogen) atoms. The van der Waals surface area contributed by atoms with E-state index in [9.17, 15) is 14.3 Å². The predicted molar refractivity (Wildman–Crippen MR) is 84.1 cm³/mol. The van der Waals surface area contributed by atoms with Crippen LogP contribution in [0.15, 0.2) is 46.9 Å². The van der Waals surface area contributed by atoms with Crippen molar-refractivity contribution in [2.24, 2.45) is 5.92 Å². The molecule has 0 bridgehead atoms. The van der Waals surface area contributed by atoms with Gasteiger partial charge in [-0.1, -0.05) is 39.7 Å². The zero-order valence-corrected chi connectivity index (χ0v) is 13.4. The molecule has 0 saturated heterocycles. The maximum absolute atomic E-state index is 13.4. The van der Waals surface area contributed by atoms with Crippen LogP contribution in [0.1, 0.15) is 11.1 Å². The van der Waals surface area contributed by atoms with E-state index in [0.29, 0.717) is 21.5 Å². The first-order chi connectivity index (χ1) is 9.94. The summed E-state index contributed by atoms with van der Waals surface area (Å²) in [5, 5.41) is 9.94. The summed E-state index contributed by atoms with van der Waals surface area (Å²) in [4.78, 5) is 11.4. The van der Waals surface area contributed by atoms with Gasteiger partial charge in [-0.05, 0) is 54.3 Å². The Kier molecular flexibility index (Phi) is 5.37. The summed E-state index contributed by atoms with van der Waals surface area (Å²) < 4.78 is 14.0. The van der Waals surface area contributed by atoms with E-state index in [1.807, 2.05) is 6.07 Å². The molecule has 0 radical (unpaired) electrons. The minimum absolute atomic E-state index is 0.262. The van der Waals surface area contributed by atoms with Crippen LogP contribution < -0.4 is 0 Å². The van der Waals surface area contributed by atoms with Gasteiger partial charge in [0.25, 0.3) is 0 Å². The van der Waals surface area contributed by atoms with Gasteiger partial charge in [0.15, 0.2) is 0 Å². The van der Waals surface area contributed by atoms with E-state index in [4.69, 9.17) is 11.6 Å². The predicted octanol–water partition coefficient (Wildman–Crippen LogP) is 4.73. The molecule has 5 heteroatoms. The van der Waals surface area contributed by atoms with E-state index in [1.54, 1.807) is 24.3 Å². The van der Waals surface area contributed by atoms with Crippen molar-refractivity contribution < 1.29 is 14.3 Å². The highest BCUT2D eigenvalue weighted by atomic mass is 79.9. The van der Waals surface area contributed by atoms with Crippen molar-refractivity contribution in [2.75, 3.05) is 0 Å². The van der Waals surface area contributed by atoms with Crippen LogP contribution in [-0.4, -0.2) is 11.1 Å². The average Bonchev–Trinajstić information content (AvgIpc) is 2.36. The fraction of sp³-hybridized carbons (Fsp3) is 0.188. The first kappa shape index (κ1) is 16.0. The van der Waals surface area contributed by atoms with Gasteiger partial charge < -0.3 is 5.11 Å². The van der Waals surface area contributed by atoms with Crippen LogP contribution in [0.4, 0.5) is 4.39 Å². The van der Waals surface area contributed by atoms with Crippen molar-refractivity contribution in [3.63, 3.8) is 0 Å². The Bertz CT molecular complexity index is 640. The molecule has 1 N–H and O–H groups in total. The molecule has 2 nitrogen and oxygen atoms in total. The van der Waals surface area contributed by atoms with E-state index in [1.165, 1.54) is 12.1 Å². The van der Waals surface area contributed by atoms with Gasteiger partial charge in [0, 0.05) is 9.50 Å². The lowest BCUT2D eigenvalue weighted by Crippen LogP contribution is -2.19. The van der Waals surface area contributed by atoms with E-state index < -0.39 is 11.9 Å². The second-order valence-corrected chi connectivity index (χ2v) is 6.20. The molecule has 0 amide bonds. The molecule has 110 valence electrons. The minimum Gasteiger partial charge on any atom is -0.481 e. The van der Waals surface area contributed by atoms with Crippen LogP contribution in [0.5, 0.6) is 0 Å². The van der Waals surface area contributed by atoms with Gasteiger partial charge >= 0.3 is 5.97 Å². The van der Waals surface area contributed by atoms with Crippen molar-refractivity contribution in [2.45, 2.75) is 12.8 Å². The van der Waals surface area contributed by atoms with E-state index in [0.717, 1.165) is 5.56 Å². The Morgan fingerprint density at radius 3 is 2.52 bits per heavy atom. The fourth-order valence-electron chi connectivity index (χ4n) is 2.21. The fourth-order valence-corrected chi connectivity index (χ4v) is 2.93. The van der Waals surface area contributed by atoms with Gasteiger partial charge in [-0.15, -0.1) is 0 Å². The third-order valence-electron chi connectivity index (χ3n) is 3.12. The highest BCUT2D eigenvalue weighted by molar-refractivity contribution is 9.10. The maximum Gasteiger partial charge on any atom is 0.307 e. The molecule has 0 fully saturated rings. The molecule has 2 aromatic rings. The number of benzene rings is 2. The summed E-state index contributed by atoms with van der Waals surface area (Å²) in [5.74, 6) is -1.92. The summed E-state index contributed by atoms with van der Waals surface area (Å²) in [5.41, 5.74) is 1.50. The smallest absolute Gasteiger partial charge is 0.307 e. The lowest BCUT2D eigenvalue weighted by atomic mass is 9.92. The van der Waals surface area contributed by atoms with Gasteiger partial charge in [0.2, 0.25) is 0 Å². The highest BCUT2D eigenvalue weighted by Gasteiger charge is 2.19. The molecule has 2 aromatic carbocycles. The number of halogens is 3. The van der Waals surface area contributed by atoms with Crippen LogP contribution in [0.2, 0.25) is 5.02 Å². The minimum atomic E-state index is -0.907. The lowest BCUT2D eigenvalue weighted by molar-refractivity contribution is -0.141. The largest absolute Gasteiger partial charge is 0.481 e. The highest BCUT2D eigenvalue weighted by Crippen LogP contribution is 2.21. The van der Waals surface area contributed by atoms with Crippen LogP contribution in [0.25, 0.3) is 0 Å². The zero-order valence-electron chi connectivity index (χ0n) is 11.0. The summed E-state index contributed by atoms with van der Waals surface area (Å²) >= 11 is 9.12. The lowest BCUT2D eigenvalue weighted by Gasteiger charge is -2.13. The van der Waals surface area contributed by atoms with Gasteiger partial charge in [0.1, 0.15) is 5.82 Å². The molecule has 0 aliphatic heterocycles. The molecule has 0 spiro atoms. The Labute approximate surface area is 135 Å². The Balaban J connectivity index is 2.17. The topological polar surface area (TPSA) is 37.3 Å². The first-order valence-electron chi connectivity index (χ1n) is 6.36. The van der Waals surface area contributed by atoms with Gasteiger partial charge in [0.05, 0.1) is 5.92 Å². The molecule has 1 atom stereocenters. The van der Waals surface area contributed by atoms with Crippen LogP contribution in [0.3, 0.4) is 0 Å². The molecule has 0 aliphatic carbocycles. The standard InChI is InChI=1S/C16H13BrClFO2/c17-13-6-11(8-15(19)9-13)5-12(16(20)21)4-10-2-1-3-14(18)7-10/h1-3,6-9,12H,4-5H2,(H,20,21). The molecule has 1 unspecified atom stereocenters. The second-order valence-electron chi connectivity index (χ2n) is 4.85. The van der Waals surface area contributed by atoms with E-state index in [-0.39, 0.29) is 12.2 Å². The van der Waals surface area contributed by atoms with Crippen LogP contribution in [0, 0.1) is 11.7 Å². The summed E-state index contributed by atoms with van der Waals surface area (Å²) in [6.45, 7) is 0. The van der Waals surface area contributed by atoms with Crippen molar-refractivity contribution >= 4 is 33.5 Å². The van der Waals surface area contributed by atoms with Crippen molar-refractivity contribution in [1.82, 2.24) is 0 Å². The van der Waals surface area contributed by atoms with Crippen molar-refractivity contribution in [1.29, 1.82) is 0 Å². The molecule has 2 rings (SSSR count). The average molecular weight is 372 g/mol. The number of carboxylic acid groups (broad SMARTS) is 1. The van der Waals surface area contributed by atoms with E-state index >= 15 is 0 Å². The number of hydrogen-bond donors (Lipinski definition) is 1. The van der Waals surface area contributed by atoms with Gasteiger partial charge in [-0.25, -0.2) is 4.39 Å². The van der Waals surface area contributed by atoms with Crippen molar-refractivity contribution in [3.05, 3.63) is 68.9 Å². The Hall–Kier alpha value is -1.39. The monoisotopic (exact) mass is 370 g/mol. The quantitative estimate of drug-likeness (QED) is 0.825. The normalized spacial score (nSPS) is 12.1. The maximum atomic E-state index is 13.4. The third kappa shape index (κ3) is 4.83.